The molecule has 2 heterocycles. The SMILES string of the molecule is Cc1ccc(C(=O)NCC2CCN(Cc3cccnc3)CC2)cc1[N+](=O)[O-]. The van der Waals surface area contributed by atoms with Crippen molar-refractivity contribution >= 4 is 11.6 Å². The number of carbonyl (C=O) groups excluding carboxylic acids is 1. The van der Waals surface area contributed by atoms with Crippen molar-refractivity contribution in [3.05, 3.63) is 69.5 Å². The molecule has 1 amide bonds. The molecule has 1 aliphatic rings. The lowest BCUT2D eigenvalue weighted by atomic mass is 9.96. The van der Waals surface area contributed by atoms with Gasteiger partial charge < -0.3 is 5.32 Å². The fourth-order valence-corrected chi connectivity index (χ4v) is 3.38. The number of benzene rings is 1. The Labute approximate surface area is 158 Å². The van der Waals surface area contributed by atoms with Crippen molar-refractivity contribution in [3.63, 3.8) is 0 Å². The number of nitrogens with zero attached hydrogens (tertiary/aromatic N) is 3. The molecule has 142 valence electrons. The molecule has 0 bridgehead atoms. The minimum Gasteiger partial charge on any atom is -0.352 e. The third-order valence-electron chi connectivity index (χ3n) is 5.06. The summed E-state index contributed by atoms with van der Waals surface area (Å²) in [6.45, 7) is 5.15. The van der Waals surface area contributed by atoms with Crippen LogP contribution in [-0.4, -0.2) is 40.3 Å². The number of pyridine rings is 1. The molecule has 1 saturated heterocycles. The summed E-state index contributed by atoms with van der Waals surface area (Å²) in [5.41, 5.74) is 2.08. The first-order chi connectivity index (χ1) is 13.0. The molecule has 0 radical (unpaired) electrons. The van der Waals surface area contributed by atoms with E-state index in [1.165, 1.54) is 11.6 Å². The summed E-state index contributed by atoms with van der Waals surface area (Å²) < 4.78 is 0. The molecule has 1 N–H and O–H groups in total. The molecule has 0 aliphatic carbocycles. The van der Waals surface area contributed by atoms with Crippen LogP contribution in [0.5, 0.6) is 0 Å². The Kier molecular flexibility index (Phi) is 6.13. The van der Waals surface area contributed by atoms with Crippen molar-refractivity contribution in [2.24, 2.45) is 5.92 Å². The highest BCUT2D eigenvalue weighted by molar-refractivity contribution is 5.94. The van der Waals surface area contributed by atoms with Crippen LogP contribution in [0.3, 0.4) is 0 Å². The Balaban J connectivity index is 1.46. The van der Waals surface area contributed by atoms with Gasteiger partial charge in [-0.15, -0.1) is 0 Å². The number of aryl methyl sites for hydroxylation is 1. The molecule has 1 aromatic heterocycles. The molecule has 0 unspecified atom stereocenters. The summed E-state index contributed by atoms with van der Waals surface area (Å²) in [7, 11) is 0. The summed E-state index contributed by atoms with van der Waals surface area (Å²) in [6.07, 6.45) is 5.72. The number of nitro groups is 1. The number of likely N-dealkylation sites (tertiary alicyclic amines) is 1. The smallest absolute Gasteiger partial charge is 0.273 e. The van der Waals surface area contributed by atoms with E-state index in [0.717, 1.165) is 32.5 Å². The van der Waals surface area contributed by atoms with Crippen LogP contribution in [-0.2, 0) is 6.54 Å². The van der Waals surface area contributed by atoms with Gasteiger partial charge in [-0.05, 0) is 56.5 Å². The lowest BCUT2D eigenvalue weighted by Gasteiger charge is -2.32. The Hall–Kier alpha value is -2.80. The molecule has 1 aliphatic heterocycles. The molecule has 2 aromatic rings. The normalized spacial score (nSPS) is 15.4. The van der Waals surface area contributed by atoms with Crippen molar-refractivity contribution in [1.82, 2.24) is 15.2 Å². The van der Waals surface area contributed by atoms with E-state index in [2.05, 4.69) is 21.3 Å². The number of piperidine rings is 1. The van der Waals surface area contributed by atoms with Crippen molar-refractivity contribution in [3.8, 4) is 0 Å². The summed E-state index contributed by atoms with van der Waals surface area (Å²) in [5.74, 6) is 0.176. The second-order valence-corrected chi connectivity index (χ2v) is 7.05. The molecule has 1 fully saturated rings. The number of hydrogen-bond donors (Lipinski definition) is 1. The molecule has 7 nitrogen and oxygen atoms in total. The lowest BCUT2D eigenvalue weighted by molar-refractivity contribution is -0.385. The maximum atomic E-state index is 12.3. The van der Waals surface area contributed by atoms with E-state index in [0.29, 0.717) is 23.6 Å². The van der Waals surface area contributed by atoms with Gasteiger partial charge in [0.1, 0.15) is 0 Å². The van der Waals surface area contributed by atoms with Gasteiger partial charge in [0.2, 0.25) is 0 Å². The van der Waals surface area contributed by atoms with Crippen LogP contribution in [0.25, 0.3) is 0 Å². The number of rotatable bonds is 6. The van der Waals surface area contributed by atoms with Gasteiger partial charge in [0.15, 0.2) is 0 Å². The molecular weight excluding hydrogens is 344 g/mol. The number of hydrogen-bond acceptors (Lipinski definition) is 5. The van der Waals surface area contributed by atoms with Gasteiger partial charge in [-0.25, -0.2) is 0 Å². The first kappa shape index (κ1) is 19.0. The fourth-order valence-electron chi connectivity index (χ4n) is 3.38. The standard InChI is InChI=1S/C20H24N4O3/c1-15-4-5-18(11-19(15)24(26)27)20(25)22-13-16-6-9-23(10-7-16)14-17-3-2-8-21-12-17/h2-5,8,11-12,16H,6-7,9-10,13-14H2,1H3,(H,22,25). The zero-order chi connectivity index (χ0) is 19.2. The van der Waals surface area contributed by atoms with Crippen molar-refractivity contribution in [2.75, 3.05) is 19.6 Å². The first-order valence-corrected chi connectivity index (χ1v) is 9.17. The number of nitro benzene ring substituents is 1. The van der Waals surface area contributed by atoms with Crippen LogP contribution in [0.1, 0.15) is 34.3 Å². The van der Waals surface area contributed by atoms with Crippen LogP contribution in [0, 0.1) is 23.0 Å². The topological polar surface area (TPSA) is 88.4 Å². The zero-order valence-corrected chi connectivity index (χ0v) is 15.4. The molecule has 0 saturated carbocycles. The lowest BCUT2D eigenvalue weighted by Crippen LogP contribution is -2.38. The van der Waals surface area contributed by atoms with Gasteiger partial charge >= 0.3 is 0 Å². The number of carbonyl (C=O) groups is 1. The molecule has 0 atom stereocenters. The minimum atomic E-state index is -0.454. The maximum absolute atomic E-state index is 12.3. The van der Waals surface area contributed by atoms with Gasteiger partial charge in [0.25, 0.3) is 11.6 Å². The minimum absolute atomic E-state index is 0.0219. The summed E-state index contributed by atoms with van der Waals surface area (Å²) in [4.78, 5) is 29.5. The van der Waals surface area contributed by atoms with Crippen molar-refractivity contribution in [2.45, 2.75) is 26.3 Å². The number of nitrogens with one attached hydrogen (secondary N) is 1. The number of amides is 1. The van der Waals surface area contributed by atoms with E-state index >= 15 is 0 Å². The molecular formula is C20H24N4O3. The fraction of sp³-hybridized carbons (Fsp3) is 0.400. The predicted octanol–water partition coefficient (Wildman–Crippen LogP) is 2.94. The third-order valence-corrected chi connectivity index (χ3v) is 5.06. The summed E-state index contributed by atoms with van der Waals surface area (Å²) in [5, 5.41) is 14.0. The average molecular weight is 368 g/mol. The van der Waals surface area contributed by atoms with Crippen LogP contribution in [0.15, 0.2) is 42.7 Å². The Morgan fingerprint density at radius 3 is 2.78 bits per heavy atom. The highest BCUT2D eigenvalue weighted by atomic mass is 16.6. The van der Waals surface area contributed by atoms with Crippen molar-refractivity contribution in [1.29, 1.82) is 0 Å². The summed E-state index contributed by atoms with van der Waals surface area (Å²) >= 11 is 0. The van der Waals surface area contributed by atoms with Crippen LogP contribution in [0.2, 0.25) is 0 Å². The van der Waals surface area contributed by atoms with Crippen LogP contribution < -0.4 is 5.32 Å². The van der Waals surface area contributed by atoms with Gasteiger partial charge in [-0.2, -0.15) is 0 Å². The molecule has 3 rings (SSSR count). The van der Waals surface area contributed by atoms with E-state index < -0.39 is 4.92 Å². The Morgan fingerprint density at radius 1 is 1.33 bits per heavy atom. The van der Waals surface area contributed by atoms with Gasteiger partial charge in [0.05, 0.1) is 4.92 Å². The molecule has 0 spiro atoms. The second kappa shape index (κ2) is 8.73. The highest BCUT2D eigenvalue weighted by Gasteiger charge is 2.21. The van der Waals surface area contributed by atoms with Crippen LogP contribution in [0.4, 0.5) is 5.69 Å². The van der Waals surface area contributed by atoms with E-state index in [1.807, 2.05) is 12.3 Å². The quantitative estimate of drug-likeness (QED) is 0.625. The Bertz CT molecular complexity index is 802. The molecule has 1 aromatic carbocycles. The summed E-state index contributed by atoms with van der Waals surface area (Å²) in [6, 6.07) is 8.63. The monoisotopic (exact) mass is 368 g/mol. The number of aromatic nitrogens is 1. The van der Waals surface area contributed by atoms with E-state index in [9.17, 15) is 14.9 Å². The average Bonchev–Trinajstić information content (AvgIpc) is 2.68. The largest absolute Gasteiger partial charge is 0.352 e. The first-order valence-electron chi connectivity index (χ1n) is 9.17. The van der Waals surface area contributed by atoms with Gasteiger partial charge in [0, 0.05) is 42.7 Å². The highest BCUT2D eigenvalue weighted by Crippen LogP contribution is 2.20. The zero-order valence-electron chi connectivity index (χ0n) is 15.4. The molecule has 27 heavy (non-hydrogen) atoms. The third kappa shape index (κ3) is 5.10. The van der Waals surface area contributed by atoms with Crippen molar-refractivity contribution < 1.29 is 9.72 Å². The maximum Gasteiger partial charge on any atom is 0.273 e. The van der Waals surface area contributed by atoms with Gasteiger partial charge in [-0.1, -0.05) is 12.1 Å². The molecule has 7 heteroatoms. The van der Waals surface area contributed by atoms with Crippen LogP contribution >= 0.6 is 0 Å². The predicted molar refractivity (Wildman–Crippen MR) is 102 cm³/mol. The van der Waals surface area contributed by atoms with E-state index in [4.69, 9.17) is 0 Å². The second-order valence-electron chi connectivity index (χ2n) is 7.05. The van der Waals surface area contributed by atoms with E-state index in [1.54, 1.807) is 25.3 Å². The van der Waals surface area contributed by atoms with E-state index in [-0.39, 0.29) is 11.6 Å². The van der Waals surface area contributed by atoms with Gasteiger partial charge in [-0.3, -0.25) is 24.8 Å². The Morgan fingerprint density at radius 2 is 2.11 bits per heavy atom.